The van der Waals surface area contributed by atoms with E-state index < -0.39 is 0 Å². The van der Waals surface area contributed by atoms with Crippen LogP contribution in [0.5, 0.6) is 0 Å². The van der Waals surface area contributed by atoms with Crippen molar-refractivity contribution < 1.29 is 0 Å². The van der Waals surface area contributed by atoms with Crippen molar-refractivity contribution in [3.8, 4) is 0 Å². The molecule has 0 aromatic heterocycles. The Kier molecular flexibility index (Phi) is 4.40. The maximum Gasteiger partial charge on any atom is 0.0552 e. The first-order chi connectivity index (χ1) is 8.58. The Balaban J connectivity index is 2.26. The van der Waals surface area contributed by atoms with Gasteiger partial charge in [0.25, 0.3) is 0 Å². The second-order valence-corrected chi connectivity index (χ2v) is 6.10. The van der Waals surface area contributed by atoms with Gasteiger partial charge in [-0.05, 0) is 57.3 Å². The molecule has 0 aliphatic heterocycles. The summed E-state index contributed by atoms with van der Waals surface area (Å²) in [6, 6.07) is 16.9. The molecule has 1 atom stereocenters. The zero-order valence-electron chi connectivity index (χ0n) is 10.7. The topological polar surface area (TPSA) is 26.0 Å². The molecule has 0 fully saturated rings. The van der Waals surface area contributed by atoms with E-state index in [1.165, 1.54) is 20.3 Å². The van der Waals surface area contributed by atoms with Gasteiger partial charge in [0.2, 0.25) is 0 Å². The molecule has 0 radical (unpaired) electrons. The molecule has 0 spiro atoms. The molecule has 0 aliphatic carbocycles. The number of hydrogen-bond donors (Lipinski definition) is 1. The fourth-order valence-corrected chi connectivity index (χ4v) is 2.55. The molecule has 0 saturated carbocycles. The Morgan fingerprint density at radius 1 is 0.889 bits per heavy atom. The first-order valence-corrected chi connectivity index (χ1v) is 7.26. The van der Waals surface area contributed by atoms with Gasteiger partial charge in [-0.3, -0.25) is 0 Å². The lowest BCUT2D eigenvalue weighted by Gasteiger charge is -2.14. The van der Waals surface area contributed by atoms with Crippen molar-refractivity contribution in [2.24, 2.45) is 5.73 Å². The lowest BCUT2D eigenvalue weighted by molar-refractivity contribution is 0.847. The lowest BCUT2D eigenvalue weighted by atomic mass is 9.96. The third-order valence-corrected chi connectivity index (χ3v) is 3.84. The molecule has 0 aliphatic rings. The van der Waals surface area contributed by atoms with E-state index in [4.69, 9.17) is 5.73 Å². The van der Waals surface area contributed by atoms with Crippen LogP contribution in [0.2, 0.25) is 0 Å². The van der Waals surface area contributed by atoms with Crippen LogP contribution in [0, 0.1) is 3.57 Å². The van der Waals surface area contributed by atoms with Gasteiger partial charge in [-0.25, -0.2) is 0 Å². The Morgan fingerprint density at radius 3 is 2.06 bits per heavy atom. The predicted octanol–water partition coefficient (Wildman–Crippen LogP) is 4.46. The average molecular weight is 351 g/mol. The third kappa shape index (κ3) is 3.12. The minimum atomic E-state index is -0.0408. The maximum atomic E-state index is 6.31. The highest BCUT2D eigenvalue weighted by molar-refractivity contribution is 14.1. The van der Waals surface area contributed by atoms with Crippen molar-refractivity contribution in [2.75, 3.05) is 0 Å². The monoisotopic (exact) mass is 351 g/mol. The van der Waals surface area contributed by atoms with Crippen LogP contribution in [-0.4, -0.2) is 0 Å². The van der Waals surface area contributed by atoms with E-state index in [2.05, 4.69) is 85.0 Å². The minimum Gasteiger partial charge on any atom is -0.320 e. The Labute approximate surface area is 123 Å². The van der Waals surface area contributed by atoms with E-state index in [0.717, 1.165) is 0 Å². The summed E-state index contributed by atoms with van der Waals surface area (Å²) < 4.78 is 1.22. The molecule has 18 heavy (non-hydrogen) atoms. The summed E-state index contributed by atoms with van der Waals surface area (Å²) in [5.41, 5.74) is 10.00. The first-order valence-electron chi connectivity index (χ1n) is 6.19. The first kappa shape index (κ1) is 13.6. The number of benzene rings is 2. The zero-order chi connectivity index (χ0) is 13.1. The molecule has 0 amide bonds. The fraction of sp³-hybridized carbons (Fsp3) is 0.250. The normalized spacial score (nSPS) is 12.7. The molecule has 2 aromatic carbocycles. The highest BCUT2D eigenvalue weighted by Crippen LogP contribution is 2.23. The van der Waals surface area contributed by atoms with Gasteiger partial charge >= 0.3 is 0 Å². The summed E-state index contributed by atoms with van der Waals surface area (Å²) >= 11 is 2.32. The third-order valence-electron chi connectivity index (χ3n) is 3.17. The van der Waals surface area contributed by atoms with E-state index in [1.54, 1.807) is 0 Å². The van der Waals surface area contributed by atoms with Gasteiger partial charge in [0.1, 0.15) is 0 Å². The lowest BCUT2D eigenvalue weighted by Crippen LogP contribution is -2.12. The van der Waals surface area contributed by atoms with Crippen LogP contribution >= 0.6 is 22.6 Å². The highest BCUT2D eigenvalue weighted by atomic mass is 127. The molecule has 1 nitrogen and oxygen atoms in total. The van der Waals surface area contributed by atoms with Crippen molar-refractivity contribution in [1.82, 2.24) is 0 Å². The molecule has 0 saturated heterocycles. The van der Waals surface area contributed by atoms with Crippen LogP contribution in [0.4, 0.5) is 0 Å². The van der Waals surface area contributed by atoms with Crippen LogP contribution in [0.15, 0.2) is 48.5 Å². The molecule has 2 rings (SSSR count). The molecule has 2 N–H and O–H groups in total. The van der Waals surface area contributed by atoms with Crippen molar-refractivity contribution >= 4 is 22.6 Å². The van der Waals surface area contributed by atoms with Gasteiger partial charge in [0.15, 0.2) is 0 Å². The van der Waals surface area contributed by atoms with E-state index in [0.29, 0.717) is 5.92 Å². The molecule has 0 bridgehead atoms. The van der Waals surface area contributed by atoms with Gasteiger partial charge < -0.3 is 5.73 Å². The van der Waals surface area contributed by atoms with E-state index in [-0.39, 0.29) is 6.04 Å². The van der Waals surface area contributed by atoms with Crippen LogP contribution in [0.3, 0.4) is 0 Å². The molecule has 2 heteroatoms. The van der Waals surface area contributed by atoms with Gasteiger partial charge in [-0.2, -0.15) is 0 Å². The van der Waals surface area contributed by atoms with Crippen LogP contribution in [-0.2, 0) is 0 Å². The van der Waals surface area contributed by atoms with Gasteiger partial charge in [-0.15, -0.1) is 0 Å². The van der Waals surface area contributed by atoms with Crippen molar-refractivity contribution in [2.45, 2.75) is 25.8 Å². The summed E-state index contributed by atoms with van der Waals surface area (Å²) in [4.78, 5) is 0. The van der Waals surface area contributed by atoms with E-state index in [9.17, 15) is 0 Å². The molecule has 2 aromatic rings. The summed E-state index contributed by atoms with van der Waals surface area (Å²) in [6.45, 7) is 4.41. The molecule has 94 valence electrons. The molecule has 1 unspecified atom stereocenters. The molecule has 0 heterocycles. The molecular weight excluding hydrogens is 333 g/mol. The number of hydrogen-bond acceptors (Lipinski definition) is 1. The summed E-state index contributed by atoms with van der Waals surface area (Å²) in [5, 5.41) is 0. The van der Waals surface area contributed by atoms with Crippen LogP contribution in [0.1, 0.15) is 42.5 Å². The smallest absolute Gasteiger partial charge is 0.0552 e. The van der Waals surface area contributed by atoms with Gasteiger partial charge in [0.05, 0.1) is 6.04 Å². The Morgan fingerprint density at radius 2 is 1.50 bits per heavy atom. The SMILES string of the molecule is CC(C)c1ccc(C(N)c2cccc(I)c2)cc1. The Hall–Kier alpha value is -0.870. The second-order valence-electron chi connectivity index (χ2n) is 4.85. The van der Waals surface area contributed by atoms with E-state index in [1.807, 2.05) is 0 Å². The summed E-state index contributed by atoms with van der Waals surface area (Å²) in [6.07, 6.45) is 0. The maximum absolute atomic E-state index is 6.31. The standard InChI is InChI=1S/C16H18IN/c1-11(2)12-6-8-13(9-7-12)16(18)14-4-3-5-15(17)10-14/h3-11,16H,18H2,1-2H3. The highest BCUT2D eigenvalue weighted by Gasteiger charge is 2.09. The van der Waals surface area contributed by atoms with Gasteiger partial charge in [-0.1, -0.05) is 50.2 Å². The van der Waals surface area contributed by atoms with Gasteiger partial charge in [0, 0.05) is 3.57 Å². The number of halogens is 1. The largest absolute Gasteiger partial charge is 0.320 e. The van der Waals surface area contributed by atoms with Crippen molar-refractivity contribution in [1.29, 1.82) is 0 Å². The Bertz CT molecular complexity index is 517. The predicted molar refractivity (Wildman–Crippen MR) is 85.7 cm³/mol. The fourth-order valence-electron chi connectivity index (χ4n) is 1.98. The molecular formula is C16H18IN. The minimum absolute atomic E-state index is 0.0408. The zero-order valence-corrected chi connectivity index (χ0v) is 12.9. The van der Waals surface area contributed by atoms with Crippen LogP contribution in [0.25, 0.3) is 0 Å². The van der Waals surface area contributed by atoms with Crippen LogP contribution < -0.4 is 5.73 Å². The van der Waals surface area contributed by atoms with E-state index >= 15 is 0 Å². The number of rotatable bonds is 3. The average Bonchev–Trinajstić information content (AvgIpc) is 2.38. The summed E-state index contributed by atoms with van der Waals surface area (Å²) in [7, 11) is 0. The number of nitrogens with two attached hydrogens (primary N) is 1. The second kappa shape index (κ2) is 5.85. The van der Waals surface area contributed by atoms with Crippen molar-refractivity contribution in [3.63, 3.8) is 0 Å². The van der Waals surface area contributed by atoms with Crippen molar-refractivity contribution in [3.05, 3.63) is 68.8 Å². The quantitative estimate of drug-likeness (QED) is 0.812. The summed E-state index contributed by atoms with van der Waals surface area (Å²) in [5.74, 6) is 0.563.